The zero-order chi connectivity index (χ0) is 27.4. The average molecular weight is 531 g/mol. The van der Waals surface area contributed by atoms with Gasteiger partial charge < -0.3 is 15.3 Å². The van der Waals surface area contributed by atoms with E-state index in [4.69, 9.17) is 0 Å². The fraction of sp³-hybridized carbons (Fsp3) is 0.667. The highest BCUT2D eigenvalue weighted by molar-refractivity contribution is 5.35. The molecule has 0 heterocycles. The number of hydrogen-bond acceptors (Lipinski definition) is 3. The monoisotopic (exact) mass is 530 g/mol. The van der Waals surface area contributed by atoms with Crippen molar-refractivity contribution < 1.29 is 15.3 Å². The molecular weight excluding hydrogens is 480 g/mol. The Labute approximate surface area is 236 Å². The van der Waals surface area contributed by atoms with Gasteiger partial charge in [0, 0.05) is 0 Å². The molecule has 39 heavy (non-hydrogen) atoms. The van der Waals surface area contributed by atoms with Crippen LogP contribution in [0.15, 0.2) is 60.7 Å². The number of hydrogen-bond donors (Lipinski definition) is 3. The first kappa shape index (κ1) is 27.5. The van der Waals surface area contributed by atoms with Gasteiger partial charge in [0.1, 0.15) is 5.60 Å². The quantitative estimate of drug-likeness (QED) is 0.366. The third kappa shape index (κ3) is 4.43. The summed E-state index contributed by atoms with van der Waals surface area (Å²) in [5, 5.41) is 34.5. The molecule has 0 aromatic heterocycles. The fourth-order valence-corrected chi connectivity index (χ4v) is 10.7. The molecule has 4 fully saturated rings. The molecule has 3 heteroatoms. The van der Waals surface area contributed by atoms with Gasteiger partial charge >= 0.3 is 0 Å². The lowest BCUT2D eigenvalue weighted by Crippen LogP contribution is -2.58. The molecule has 2 aromatic rings. The van der Waals surface area contributed by atoms with Gasteiger partial charge in [-0.05, 0) is 122 Å². The molecule has 3 unspecified atom stereocenters. The first-order valence-corrected chi connectivity index (χ1v) is 15.9. The second-order valence-corrected chi connectivity index (χ2v) is 14.5. The summed E-state index contributed by atoms with van der Waals surface area (Å²) < 4.78 is 0. The van der Waals surface area contributed by atoms with Crippen LogP contribution in [-0.4, -0.2) is 27.5 Å². The van der Waals surface area contributed by atoms with Crippen LogP contribution in [0.1, 0.15) is 96.1 Å². The molecule has 0 bridgehead atoms. The maximum absolute atomic E-state index is 12.1. The van der Waals surface area contributed by atoms with Crippen LogP contribution in [0.3, 0.4) is 0 Å². The predicted octanol–water partition coefficient (Wildman–Crippen LogP) is 7.33. The molecule has 0 radical (unpaired) electrons. The third-order valence-electron chi connectivity index (χ3n) is 13.0. The van der Waals surface area contributed by atoms with Gasteiger partial charge in [0.25, 0.3) is 0 Å². The molecule has 0 saturated heterocycles. The summed E-state index contributed by atoms with van der Waals surface area (Å²) in [7, 11) is 0. The molecule has 4 aliphatic carbocycles. The van der Waals surface area contributed by atoms with Crippen LogP contribution in [-0.2, 0) is 5.60 Å². The van der Waals surface area contributed by atoms with Crippen LogP contribution >= 0.6 is 0 Å². The SMILES string of the molecule is C[C@H](CCC(O)(c1ccccc1)c1ccccc1)[C@H]1CC[C@H]2[C@@H]3CCC4CC(O)CC[C@]4(C)[C@H]3CC(O)[C@]12C. The molecule has 0 amide bonds. The zero-order valence-corrected chi connectivity index (χ0v) is 24.3. The van der Waals surface area contributed by atoms with Gasteiger partial charge in [-0.2, -0.15) is 0 Å². The fourth-order valence-electron chi connectivity index (χ4n) is 10.7. The summed E-state index contributed by atoms with van der Waals surface area (Å²) >= 11 is 0. The minimum Gasteiger partial charge on any atom is -0.393 e. The summed E-state index contributed by atoms with van der Waals surface area (Å²) in [6.45, 7) is 7.30. The van der Waals surface area contributed by atoms with E-state index in [0.29, 0.717) is 41.9 Å². The molecule has 0 aliphatic heterocycles. The summed E-state index contributed by atoms with van der Waals surface area (Å²) in [6, 6.07) is 20.3. The van der Waals surface area contributed by atoms with Crippen molar-refractivity contribution in [3.63, 3.8) is 0 Å². The molecule has 3 N–H and O–H groups in total. The highest BCUT2D eigenvalue weighted by Crippen LogP contribution is 2.68. The van der Waals surface area contributed by atoms with Crippen molar-refractivity contribution in [2.24, 2.45) is 46.3 Å². The maximum atomic E-state index is 12.1. The van der Waals surface area contributed by atoms with E-state index in [1.807, 2.05) is 36.4 Å². The molecule has 0 spiro atoms. The first-order valence-electron chi connectivity index (χ1n) is 15.9. The molecular formula is C36H50O3. The standard InChI is InChI=1S/C36H50O3/c1-24(18-21-36(39,25-10-6-4-7-11-25)26-12-8-5-9-13-26)30-16-17-31-29-15-14-27-22-28(37)19-20-34(27,2)32(29)23-33(38)35(30,31)3/h4-13,24,27-33,37-39H,14-23H2,1-3H3/t24-,27?,28?,29+,30-,31+,32+,33?,34+,35-/m1/s1. The Bertz CT molecular complexity index is 1080. The molecule has 10 atom stereocenters. The Morgan fingerprint density at radius 1 is 0.821 bits per heavy atom. The van der Waals surface area contributed by atoms with Crippen LogP contribution in [0.4, 0.5) is 0 Å². The van der Waals surface area contributed by atoms with Crippen molar-refractivity contribution in [2.75, 3.05) is 0 Å². The Hall–Kier alpha value is -1.68. The van der Waals surface area contributed by atoms with E-state index in [1.165, 1.54) is 25.7 Å². The molecule has 4 saturated carbocycles. The van der Waals surface area contributed by atoms with Gasteiger partial charge in [-0.3, -0.25) is 0 Å². The van der Waals surface area contributed by atoms with Crippen LogP contribution in [0.25, 0.3) is 0 Å². The van der Waals surface area contributed by atoms with Crippen LogP contribution in [0.2, 0.25) is 0 Å². The zero-order valence-electron chi connectivity index (χ0n) is 24.3. The maximum Gasteiger partial charge on any atom is 0.115 e. The summed E-state index contributed by atoms with van der Waals surface area (Å²) in [4.78, 5) is 0. The smallest absolute Gasteiger partial charge is 0.115 e. The van der Waals surface area contributed by atoms with Crippen LogP contribution in [0.5, 0.6) is 0 Å². The Morgan fingerprint density at radius 2 is 1.46 bits per heavy atom. The lowest BCUT2D eigenvalue weighted by molar-refractivity contribution is -0.175. The molecule has 3 nitrogen and oxygen atoms in total. The second-order valence-electron chi connectivity index (χ2n) is 14.5. The molecule has 4 aliphatic rings. The van der Waals surface area contributed by atoms with E-state index < -0.39 is 5.60 Å². The summed E-state index contributed by atoms with van der Waals surface area (Å²) in [5.74, 6) is 3.41. The minimum absolute atomic E-state index is 0.0461. The first-order chi connectivity index (χ1) is 18.7. The van der Waals surface area contributed by atoms with E-state index in [-0.39, 0.29) is 23.0 Å². The van der Waals surface area contributed by atoms with Gasteiger partial charge in [0.05, 0.1) is 12.2 Å². The lowest BCUT2D eigenvalue weighted by atomic mass is 9.43. The molecule has 2 aromatic carbocycles. The topological polar surface area (TPSA) is 60.7 Å². The van der Waals surface area contributed by atoms with E-state index in [2.05, 4.69) is 45.0 Å². The summed E-state index contributed by atoms with van der Waals surface area (Å²) in [5.41, 5.74) is 1.14. The van der Waals surface area contributed by atoms with Crippen LogP contribution < -0.4 is 0 Å². The Morgan fingerprint density at radius 3 is 2.10 bits per heavy atom. The van der Waals surface area contributed by atoms with Crippen molar-refractivity contribution >= 4 is 0 Å². The van der Waals surface area contributed by atoms with E-state index in [0.717, 1.165) is 43.2 Å². The van der Waals surface area contributed by atoms with Crippen LogP contribution in [0, 0.1) is 46.3 Å². The number of rotatable bonds is 6. The van der Waals surface area contributed by atoms with Gasteiger partial charge in [-0.15, -0.1) is 0 Å². The van der Waals surface area contributed by atoms with Crippen molar-refractivity contribution in [3.8, 4) is 0 Å². The number of aliphatic hydroxyl groups is 3. The minimum atomic E-state index is -1.01. The van der Waals surface area contributed by atoms with Gasteiger partial charge in [0.15, 0.2) is 0 Å². The Balaban J connectivity index is 1.22. The molecule has 212 valence electrons. The number of aliphatic hydroxyl groups excluding tert-OH is 2. The third-order valence-corrected chi connectivity index (χ3v) is 13.0. The molecule has 6 rings (SSSR count). The van der Waals surface area contributed by atoms with Crippen molar-refractivity contribution in [1.82, 2.24) is 0 Å². The predicted molar refractivity (Wildman–Crippen MR) is 157 cm³/mol. The van der Waals surface area contributed by atoms with E-state index in [1.54, 1.807) is 0 Å². The average Bonchev–Trinajstić information content (AvgIpc) is 3.32. The lowest BCUT2D eigenvalue weighted by Gasteiger charge is -2.62. The van der Waals surface area contributed by atoms with Gasteiger partial charge in [-0.25, -0.2) is 0 Å². The Kier molecular flexibility index (Phi) is 7.26. The van der Waals surface area contributed by atoms with Gasteiger partial charge in [-0.1, -0.05) is 81.4 Å². The van der Waals surface area contributed by atoms with Crippen molar-refractivity contribution in [2.45, 2.75) is 103 Å². The van der Waals surface area contributed by atoms with E-state index >= 15 is 0 Å². The van der Waals surface area contributed by atoms with Crippen molar-refractivity contribution in [3.05, 3.63) is 71.8 Å². The summed E-state index contributed by atoms with van der Waals surface area (Å²) in [6.07, 6.45) is 10.1. The number of benzene rings is 2. The van der Waals surface area contributed by atoms with E-state index in [9.17, 15) is 15.3 Å². The second kappa shape index (κ2) is 10.3. The highest BCUT2D eigenvalue weighted by Gasteiger charge is 2.63. The largest absolute Gasteiger partial charge is 0.393 e. The number of fused-ring (bicyclic) bond motifs is 5. The van der Waals surface area contributed by atoms with Crippen molar-refractivity contribution in [1.29, 1.82) is 0 Å². The normalized spacial score (nSPS) is 40.8. The van der Waals surface area contributed by atoms with Gasteiger partial charge in [0.2, 0.25) is 0 Å². The highest BCUT2D eigenvalue weighted by atomic mass is 16.3.